The molecule has 174 valence electrons. The number of ether oxygens (including phenoxy) is 1. The van der Waals surface area contributed by atoms with Crippen LogP contribution >= 0.6 is 0 Å². The highest BCUT2D eigenvalue weighted by atomic mass is 16.5. The van der Waals surface area contributed by atoms with Crippen LogP contribution in [0.5, 0.6) is 0 Å². The second-order valence-corrected chi connectivity index (χ2v) is 7.80. The molecule has 0 spiro atoms. The van der Waals surface area contributed by atoms with E-state index in [1.807, 2.05) is 71.6 Å². The number of pyridine rings is 1. The second kappa shape index (κ2) is 10.9. The average Bonchev–Trinajstić information content (AvgIpc) is 2.89. The van der Waals surface area contributed by atoms with E-state index >= 15 is 0 Å². The number of esters is 1. The molecule has 4 rings (SSSR count). The Morgan fingerprint density at radius 2 is 1.60 bits per heavy atom. The highest BCUT2D eigenvalue weighted by Crippen LogP contribution is 2.24. The summed E-state index contributed by atoms with van der Waals surface area (Å²) in [4.78, 5) is 32.7. The molecule has 0 aliphatic heterocycles. The van der Waals surface area contributed by atoms with E-state index < -0.39 is 5.97 Å². The number of anilines is 1. The minimum atomic E-state index is -0.781. The van der Waals surface area contributed by atoms with Gasteiger partial charge in [-0.15, -0.1) is 0 Å². The van der Waals surface area contributed by atoms with Gasteiger partial charge in [0.15, 0.2) is 0 Å². The summed E-state index contributed by atoms with van der Waals surface area (Å²) in [5, 5.41) is 9.63. The van der Waals surface area contributed by atoms with Gasteiger partial charge in [0, 0.05) is 19.3 Å². The number of carbonyl (C=O) groups is 1. The lowest BCUT2D eigenvalue weighted by molar-refractivity contribution is -0.137. The van der Waals surface area contributed by atoms with E-state index in [0.717, 1.165) is 11.1 Å². The summed E-state index contributed by atoms with van der Waals surface area (Å²) in [6.07, 6.45) is 2.89. The third kappa shape index (κ3) is 5.45. The lowest BCUT2D eigenvalue weighted by atomic mass is 10.1. The molecule has 0 amide bonds. The summed E-state index contributed by atoms with van der Waals surface area (Å²) in [7, 11) is 0. The van der Waals surface area contributed by atoms with Crippen molar-refractivity contribution in [1.82, 2.24) is 9.38 Å². The van der Waals surface area contributed by atoms with E-state index in [4.69, 9.17) is 9.72 Å². The van der Waals surface area contributed by atoms with E-state index in [2.05, 4.69) is 0 Å². The first-order chi connectivity index (χ1) is 17.1. The van der Waals surface area contributed by atoms with Gasteiger partial charge < -0.3 is 9.64 Å². The number of hydrogen-bond acceptors (Lipinski definition) is 6. The van der Waals surface area contributed by atoms with E-state index in [1.54, 1.807) is 31.3 Å². The summed E-state index contributed by atoms with van der Waals surface area (Å²) >= 11 is 0. The molecule has 7 heteroatoms. The minimum absolute atomic E-state index is 0.119. The molecule has 0 bridgehead atoms. The molecule has 0 atom stereocenters. The maximum atomic E-state index is 13.6. The molecule has 0 N–H and O–H groups in total. The summed E-state index contributed by atoms with van der Waals surface area (Å²) in [6, 6.07) is 26.8. The Morgan fingerprint density at radius 3 is 2.17 bits per heavy atom. The molecule has 2 aromatic heterocycles. The van der Waals surface area contributed by atoms with E-state index in [1.165, 1.54) is 10.5 Å². The monoisotopic (exact) mass is 464 g/mol. The molecule has 0 saturated heterocycles. The van der Waals surface area contributed by atoms with Crippen LogP contribution in [-0.2, 0) is 22.6 Å². The molecule has 2 aromatic carbocycles. The number of aromatic nitrogens is 2. The molecular weight excluding hydrogens is 440 g/mol. The van der Waals surface area contributed by atoms with Crippen molar-refractivity contribution in [3.8, 4) is 6.07 Å². The maximum absolute atomic E-state index is 13.6. The van der Waals surface area contributed by atoms with Crippen molar-refractivity contribution in [3.63, 3.8) is 0 Å². The van der Waals surface area contributed by atoms with Crippen molar-refractivity contribution in [2.45, 2.75) is 20.0 Å². The Kier molecular flexibility index (Phi) is 7.34. The van der Waals surface area contributed by atoms with Crippen molar-refractivity contribution in [2.75, 3.05) is 11.5 Å². The van der Waals surface area contributed by atoms with Gasteiger partial charge in [-0.25, -0.2) is 9.78 Å². The summed E-state index contributed by atoms with van der Waals surface area (Å²) in [5.74, 6) is -0.401. The lowest BCUT2D eigenvalue weighted by Gasteiger charge is -2.26. The molecule has 0 saturated carbocycles. The van der Waals surface area contributed by atoms with Crippen LogP contribution < -0.4 is 10.5 Å². The number of fused-ring (bicyclic) bond motifs is 1. The molecular formula is C28H24N4O3. The molecule has 4 aromatic rings. The molecule has 7 nitrogen and oxygen atoms in total. The first kappa shape index (κ1) is 23.5. The van der Waals surface area contributed by atoms with Gasteiger partial charge in [-0.05, 0) is 36.3 Å². The van der Waals surface area contributed by atoms with Gasteiger partial charge in [-0.3, -0.25) is 9.20 Å². The molecule has 2 heterocycles. The van der Waals surface area contributed by atoms with Gasteiger partial charge in [0.2, 0.25) is 0 Å². The van der Waals surface area contributed by atoms with Gasteiger partial charge in [0.05, 0.1) is 12.2 Å². The number of nitriles is 1. The zero-order valence-corrected chi connectivity index (χ0v) is 19.3. The maximum Gasteiger partial charge on any atom is 0.348 e. The Labute approximate surface area is 203 Å². The number of benzene rings is 2. The first-order valence-corrected chi connectivity index (χ1v) is 11.2. The van der Waals surface area contributed by atoms with Gasteiger partial charge in [0.25, 0.3) is 5.56 Å². The van der Waals surface area contributed by atoms with Crippen molar-refractivity contribution in [3.05, 3.63) is 118 Å². The van der Waals surface area contributed by atoms with E-state index in [9.17, 15) is 14.9 Å². The van der Waals surface area contributed by atoms with Crippen LogP contribution in [0.3, 0.4) is 0 Å². The zero-order valence-electron chi connectivity index (χ0n) is 19.3. The smallest absolute Gasteiger partial charge is 0.348 e. The van der Waals surface area contributed by atoms with Crippen molar-refractivity contribution in [1.29, 1.82) is 5.26 Å². The fourth-order valence-electron chi connectivity index (χ4n) is 3.76. The third-order valence-electron chi connectivity index (χ3n) is 5.39. The Bertz CT molecular complexity index is 1410. The van der Waals surface area contributed by atoms with Gasteiger partial charge in [-0.1, -0.05) is 66.7 Å². The van der Waals surface area contributed by atoms with Gasteiger partial charge in [0.1, 0.15) is 23.1 Å². The SMILES string of the molecule is CCOC(=O)/C(C#N)=C/c1c(N(Cc2ccccc2)Cc2ccccc2)nc2ccccn2c1=O. The normalized spacial score (nSPS) is 11.1. The van der Waals surface area contributed by atoms with E-state index in [0.29, 0.717) is 24.6 Å². The predicted molar refractivity (Wildman–Crippen MR) is 134 cm³/mol. The Morgan fingerprint density at radius 1 is 1.00 bits per heavy atom. The fraction of sp³-hybridized carbons (Fsp3) is 0.143. The number of hydrogen-bond donors (Lipinski definition) is 0. The topological polar surface area (TPSA) is 87.7 Å². The predicted octanol–water partition coefficient (Wildman–Crippen LogP) is 4.37. The van der Waals surface area contributed by atoms with Crippen molar-refractivity contribution < 1.29 is 9.53 Å². The third-order valence-corrected chi connectivity index (χ3v) is 5.39. The fourth-order valence-corrected chi connectivity index (χ4v) is 3.76. The quantitative estimate of drug-likeness (QED) is 0.219. The number of nitrogens with zero attached hydrogens (tertiary/aromatic N) is 4. The summed E-state index contributed by atoms with van der Waals surface area (Å²) < 4.78 is 6.42. The minimum Gasteiger partial charge on any atom is -0.462 e. The van der Waals surface area contributed by atoms with Crippen LogP contribution in [0.2, 0.25) is 0 Å². The zero-order chi connectivity index (χ0) is 24.6. The van der Waals surface area contributed by atoms with Crippen LogP contribution in [0.4, 0.5) is 5.82 Å². The standard InChI is InChI=1S/C28H24N4O3/c1-2-35-28(34)23(18-29)17-24-26(30-25-15-9-10-16-32(25)27(24)33)31(19-21-11-5-3-6-12-21)20-22-13-7-4-8-14-22/h3-17H,2,19-20H2,1H3/b23-17+. The number of rotatable bonds is 8. The highest BCUT2D eigenvalue weighted by Gasteiger charge is 2.21. The average molecular weight is 465 g/mol. The van der Waals surface area contributed by atoms with Crippen LogP contribution in [0.1, 0.15) is 23.6 Å². The van der Waals surface area contributed by atoms with Crippen LogP contribution in [0, 0.1) is 11.3 Å². The summed E-state index contributed by atoms with van der Waals surface area (Å²) in [6.45, 7) is 2.71. The molecule has 0 aliphatic carbocycles. The molecule has 0 fully saturated rings. The van der Waals surface area contributed by atoms with Crippen molar-refractivity contribution in [2.24, 2.45) is 0 Å². The van der Waals surface area contributed by atoms with E-state index in [-0.39, 0.29) is 23.3 Å². The first-order valence-electron chi connectivity index (χ1n) is 11.2. The summed E-state index contributed by atoms with van der Waals surface area (Å²) in [5.41, 5.74) is 2.02. The van der Waals surface area contributed by atoms with Crippen LogP contribution in [-0.4, -0.2) is 22.0 Å². The molecule has 0 unspecified atom stereocenters. The molecule has 0 radical (unpaired) electrons. The van der Waals surface area contributed by atoms with Gasteiger partial charge >= 0.3 is 5.97 Å². The van der Waals surface area contributed by atoms with Gasteiger partial charge in [-0.2, -0.15) is 5.26 Å². The Balaban J connectivity index is 1.93. The molecule has 0 aliphatic rings. The number of carbonyl (C=O) groups excluding carboxylic acids is 1. The largest absolute Gasteiger partial charge is 0.462 e. The van der Waals surface area contributed by atoms with Crippen LogP contribution in [0.25, 0.3) is 11.7 Å². The van der Waals surface area contributed by atoms with Crippen LogP contribution in [0.15, 0.2) is 95.4 Å². The molecule has 35 heavy (non-hydrogen) atoms. The Hall–Kier alpha value is -4.70. The highest BCUT2D eigenvalue weighted by molar-refractivity contribution is 5.98. The lowest BCUT2D eigenvalue weighted by Crippen LogP contribution is -2.29. The van der Waals surface area contributed by atoms with Crippen molar-refractivity contribution >= 4 is 23.5 Å². The second-order valence-electron chi connectivity index (χ2n) is 7.80.